The summed E-state index contributed by atoms with van der Waals surface area (Å²) in [6.45, 7) is 2.06. The maximum absolute atomic E-state index is 13.1. The molecule has 5 heteroatoms. The predicted molar refractivity (Wildman–Crippen MR) is 121 cm³/mol. The van der Waals surface area contributed by atoms with Gasteiger partial charge in [-0.2, -0.15) is 0 Å². The minimum absolute atomic E-state index is 0.0668. The molecule has 3 aromatic rings. The minimum Gasteiger partial charge on any atom is -0.322 e. The number of aryl methyl sites for hydroxylation is 2. The van der Waals surface area contributed by atoms with Gasteiger partial charge < -0.3 is 5.32 Å². The van der Waals surface area contributed by atoms with E-state index in [0.717, 1.165) is 45.6 Å². The first-order chi connectivity index (χ1) is 13.6. The number of carbonyl (C=O) groups excluding carboxylic acids is 1. The smallest absolute Gasteiger partial charge is 0.259 e. The van der Waals surface area contributed by atoms with E-state index in [1.54, 1.807) is 11.3 Å². The number of nitrogens with zero attached hydrogens (tertiary/aromatic N) is 1. The summed E-state index contributed by atoms with van der Waals surface area (Å²) in [6.07, 6.45) is 6.15. The van der Waals surface area contributed by atoms with Crippen molar-refractivity contribution in [1.82, 2.24) is 0 Å². The van der Waals surface area contributed by atoms with Crippen LogP contribution in [0.1, 0.15) is 44.8 Å². The van der Waals surface area contributed by atoms with E-state index in [0.29, 0.717) is 0 Å². The van der Waals surface area contributed by atoms with E-state index in [9.17, 15) is 4.79 Å². The molecule has 0 saturated carbocycles. The number of hydrogen-bond donors (Lipinski definition) is 1. The summed E-state index contributed by atoms with van der Waals surface area (Å²) in [7, 11) is 0. The van der Waals surface area contributed by atoms with Crippen LogP contribution in [0.5, 0.6) is 0 Å². The van der Waals surface area contributed by atoms with Crippen molar-refractivity contribution in [3.63, 3.8) is 0 Å². The Labute approximate surface area is 177 Å². The third kappa shape index (κ3) is 4.10. The molecule has 0 unspecified atom stereocenters. The number of carbonyl (C=O) groups is 1. The fourth-order valence-electron chi connectivity index (χ4n) is 3.41. The lowest BCUT2D eigenvalue weighted by Crippen LogP contribution is -2.14. The summed E-state index contributed by atoms with van der Waals surface area (Å²) in [5.41, 5.74) is 4.93. The lowest BCUT2D eigenvalue weighted by Gasteiger charge is -2.12. The Balaban J connectivity index is 1.68. The van der Waals surface area contributed by atoms with Crippen LogP contribution in [0.2, 0.25) is 0 Å². The number of rotatable bonds is 4. The van der Waals surface area contributed by atoms with E-state index in [1.165, 1.54) is 22.4 Å². The number of aliphatic imine (C=N–C) groups is 1. The van der Waals surface area contributed by atoms with Gasteiger partial charge in [-0.3, -0.25) is 4.79 Å². The second-order valence-electron chi connectivity index (χ2n) is 6.98. The lowest BCUT2D eigenvalue weighted by molar-refractivity contribution is 0.102. The molecule has 0 saturated heterocycles. The topological polar surface area (TPSA) is 41.5 Å². The van der Waals surface area contributed by atoms with Gasteiger partial charge in [-0.05, 0) is 67.5 Å². The summed E-state index contributed by atoms with van der Waals surface area (Å²) >= 11 is 5.23. The highest BCUT2D eigenvalue weighted by atomic mass is 79.9. The first-order valence-electron chi connectivity index (χ1n) is 9.43. The zero-order chi connectivity index (χ0) is 19.5. The van der Waals surface area contributed by atoms with Crippen molar-refractivity contribution in [1.29, 1.82) is 0 Å². The van der Waals surface area contributed by atoms with Crippen LogP contribution >= 0.6 is 27.3 Å². The van der Waals surface area contributed by atoms with Crippen molar-refractivity contribution in [3.05, 3.63) is 80.1 Å². The third-order valence-electron chi connectivity index (χ3n) is 4.94. The second kappa shape index (κ2) is 8.41. The largest absolute Gasteiger partial charge is 0.322 e. The van der Waals surface area contributed by atoms with E-state index in [-0.39, 0.29) is 5.91 Å². The van der Waals surface area contributed by atoms with Crippen molar-refractivity contribution in [3.8, 4) is 0 Å². The third-order valence-corrected chi connectivity index (χ3v) is 6.99. The fourth-order valence-corrected chi connectivity index (χ4v) is 5.04. The Bertz CT molecular complexity index is 1040. The van der Waals surface area contributed by atoms with Crippen LogP contribution in [0.15, 0.2) is 58.0 Å². The summed E-state index contributed by atoms with van der Waals surface area (Å²) in [6, 6.07) is 15.8. The molecule has 0 radical (unpaired) electrons. The standard InChI is InChI=1S/C23H21BrN2OS/c1-15-11-12-16(13-19(15)24)14-25-23-21(18-9-5-6-10-20(18)28-23)22(27)26-17-7-3-2-4-8-17/h2-4,7-8,11-14H,5-6,9-10H2,1H3,(H,26,27). The molecule has 4 rings (SSSR count). The number of amides is 1. The van der Waals surface area contributed by atoms with Crippen LogP contribution in [-0.2, 0) is 12.8 Å². The minimum atomic E-state index is -0.0668. The molecule has 1 N–H and O–H groups in total. The van der Waals surface area contributed by atoms with E-state index in [4.69, 9.17) is 4.99 Å². The van der Waals surface area contributed by atoms with Gasteiger partial charge in [0.05, 0.1) is 5.56 Å². The van der Waals surface area contributed by atoms with E-state index in [1.807, 2.05) is 42.6 Å². The number of halogens is 1. The van der Waals surface area contributed by atoms with Crippen LogP contribution in [0, 0.1) is 6.92 Å². The molecule has 142 valence electrons. The molecule has 0 fully saturated rings. The van der Waals surface area contributed by atoms with Crippen LogP contribution in [-0.4, -0.2) is 12.1 Å². The number of anilines is 1. The van der Waals surface area contributed by atoms with Crippen LogP contribution < -0.4 is 5.32 Å². The molecule has 1 aliphatic rings. The highest BCUT2D eigenvalue weighted by molar-refractivity contribution is 9.10. The SMILES string of the molecule is Cc1ccc(C=Nc2sc3c(c2C(=O)Nc2ccccc2)CCCC3)cc1Br. The highest BCUT2D eigenvalue weighted by Gasteiger charge is 2.25. The molecule has 2 aromatic carbocycles. The van der Waals surface area contributed by atoms with Crippen molar-refractivity contribution in [2.24, 2.45) is 4.99 Å². The van der Waals surface area contributed by atoms with Gasteiger partial charge >= 0.3 is 0 Å². The average Bonchev–Trinajstić information content (AvgIpc) is 3.08. The van der Waals surface area contributed by atoms with E-state index in [2.05, 4.69) is 40.3 Å². The first-order valence-corrected chi connectivity index (χ1v) is 11.0. The molecule has 1 heterocycles. The molecule has 28 heavy (non-hydrogen) atoms. The summed E-state index contributed by atoms with van der Waals surface area (Å²) < 4.78 is 1.06. The molecule has 3 nitrogen and oxygen atoms in total. The van der Waals surface area contributed by atoms with Gasteiger partial charge in [-0.15, -0.1) is 11.3 Å². The van der Waals surface area contributed by atoms with E-state index >= 15 is 0 Å². The maximum Gasteiger partial charge on any atom is 0.259 e. The van der Waals surface area contributed by atoms with Gasteiger partial charge in [0.2, 0.25) is 0 Å². The molecular formula is C23H21BrN2OS. The van der Waals surface area contributed by atoms with Gasteiger partial charge in [-0.25, -0.2) is 4.99 Å². The van der Waals surface area contributed by atoms with Crippen LogP contribution in [0.25, 0.3) is 0 Å². The summed E-state index contributed by atoms with van der Waals surface area (Å²) in [5.74, 6) is -0.0668. The van der Waals surface area contributed by atoms with Gasteiger partial charge in [-0.1, -0.05) is 46.3 Å². The maximum atomic E-state index is 13.1. The molecule has 0 spiro atoms. The Morgan fingerprint density at radius 3 is 2.71 bits per heavy atom. The number of thiophene rings is 1. The number of nitrogens with one attached hydrogen (secondary N) is 1. The van der Waals surface area contributed by atoms with E-state index < -0.39 is 0 Å². The Morgan fingerprint density at radius 2 is 1.93 bits per heavy atom. The Morgan fingerprint density at radius 1 is 1.14 bits per heavy atom. The van der Waals surface area contributed by atoms with Crippen LogP contribution in [0.4, 0.5) is 10.7 Å². The van der Waals surface area contributed by atoms with Gasteiger partial charge in [0.15, 0.2) is 0 Å². The Kier molecular flexibility index (Phi) is 5.74. The lowest BCUT2D eigenvalue weighted by atomic mass is 9.95. The number of hydrogen-bond acceptors (Lipinski definition) is 3. The molecule has 1 amide bonds. The number of fused-ring (bicyclic) bond motifs is 1. The normalized spacial score (nSPS) is 13.5. The molecular weight excluding hydrogens is 432 g/mol. The van der Waals surface area contributed by atoms with Crippen molar-refractivity contribution in [2.45, 2.75) is 32.6 Å². The fraction of sp³-hybridized carbons (Fsp3) is 0.217. The Hall–Kier alpha value is -2.24. The van der Waals surface area contributed by atoms with Crippen LogP contribution in [0.3, 0.4) is 0 Å². The molecule has 0 bridgehead atoms. The summed E-state index contributed by atoms with van der Waals surface area (Å²) in [4.78, 5) is 19.1. The van der Waals surface area contributed by atoms with Crippen molar-refractivity contribution >= 4 is 50.1 Å². The van der Waals surface area contributed by atoms with Gasteiger partial charge in [0.25, 0.3) is 5.91 Å². The van der Waals surface area contributed by atoms with Crippen molar-refractivity contribution < 1.29 is 4.79 Å². The predicted octanol–water partition coefficient (Wildman–Crippen LogP) is 6.70. The molecule has 1 aliphatic carbocycles. The summed E-state index contributed by atoms with van der Waals surface area (Å²) in [5, 5.41) is 3.84. The zero-order valence-corrected chi connectivity index (χ0v) is 18.1. The zero-order valence-electron chi connectivity index (χ0n) is 15.7. The average molecular weight is 453 g/mol. The molecule has 0 atom stereocenters. The quantitative estimate of drug-likeness (QED) is 0.439. The monoisotopic (exact) mass is 452 g/mol. The highest BCUT2D eigenvalue weighted by Crippen LogP contribution is 2.40. The van der Waals surface area contributed by atoms with Gasteiger partial charge in [0.1, 0.15) is 5.00 Å². The first kappa shape index (κ1) is 19.1. The molecule has 1 aromatic heterocycles. The number of para-hydroxylation sites is 1. The van der Waals surface area contributed by atoms with Gasteiger partial charge in [0, 0.05) is 21.3 Å². The van der Waals surface area contributed by atoms with Crippen molar-refractivity contribution in [2.75, 3.05) is 5.32 Å². The second-order valence-corrected chi connectivity index (χ2v) is 8.92. The number of benzene rings is 2. The molecule has 0 aliphatic heterocycles.